The van der Waals surface area contributed by atoms with Gasteiger partial charge in [0.1, 0.15) is 10.5 Å². The highest BCUT2D eigenvalue weighted by molar-refractivity contribution is 7.87. The van der Waals surface area contributed by atoms with E-state index in [1.54, 1.807) is 24.3 Å². The molecule has 4 nitrogen and oxygen atoms in total. The van der Waals surface area contributed by atoms with E-state index in [0.29, 0.717) is 0 Å². The third-order valence-corrected chi connectivity index (χ3v) is 4.08. The van der Waals surface area contributed by atoms with E-state index < -0.39 is 27.3 Å². The summed E-state index contributed by atoms with van der Waals surface area (Å²) < 4.78 is 11.8. The average Bonchev–Trinajstić information content (AvgIpc) is 2.35. The normalized spacial score (nSPS) is 15.5. The van der Waals surface area contributed by atoms with Crippen molar-refractivity contribution in [2.75, 3.05) is 0 Å². The molecule has 0 aromatic heterocycles. The molecule has 0 spiro atoms. The number of aliphatic carboxylic acids is 1. The fourth-order valence-electron chi connectivity index (χ4n) is 1.40. The summed E-state index contributed by atoms with van der Waals surface area (Å²) in [6.07, 6.45) is 0.175. The van der Waals surface area contributed by atoms with Crippen molar-refractivity contribution < 1.29 is 14.1 Å². The van der Waals surface area contributed by atoms with Gasteiger partial charge in [-0.2, -0.15) is 5.26 Å². The van der Waals surface area contributed by atoms with Crippen LogP contribution in [-0.4, -0.2) is 25.8 Å². The molecule has 0 radical (unpaired) electrons. The van der Waals surface area contributed by atoms with Gasteiger partial charge >= 0.3 is 5.97 Å². The van der Waals surface area contributed by atoms with Crippen molar-refractivity contribution in [2.24, 2.45) is 0 Å². The van der Waals surface area contributed by atoms with Crippen LogP contribution < -0.4 is 0 Å². The maximum Gasteiger partial charge on any atom is 0.319 e. The minimum Gasteiger partial charge on any atom is -0.480 e. The van der Waals surface area contributed by atoms with Crippen LogP contribution in [0.3, 0.4) is 0 Å². The Morgan fingerprint density at radius 2 is 2.06 bits per heavy atom. The molecule has 1 aromatic carbocycles. The number of benzene rings is 1. The second-order valence-electron chi connectivity index (χ2n) is 3.62. The molecule has 1 rings (SSSR count). The molecule has 0 fully saturated rings. The van der Waals surface area contributed by atoms with Gasteiger partial charge in [0.2, 0.25) is 0 Å². The topological polar surface area (TPSA) is 78.2 Å². The van der Waals surface area contributed by atoms with Gasteiger partial charge in [0, 0.05) is 0 Å². The van der Waals surface area contributed by atoms with Gasteiger partial charge in [-0.1, -0.05) is 30.3 Å². The van der Waals surface area contributed by atoms with Crippen LogP contribution in [0, 0.1) is 11.3 Å². The second kappa shape index (κ2) is 6.16. The van der Waals surface area contributed by atoms with Crippen LogP contribution in [0.2, 0.25) is 0 Å². The lowest BCUT2D eigenvalue weighted by molar-refractivity contribution is -0.136. The van der Waals surface area contributed by atoms with E-state index in [4.69, 9.17) is 10.4 Å². The standard InChI is InChI=1S/C12H13NO3S/c1-9(8-13)17(16)11(12(14)15)7-10-5-3-2-4-6-10/h2-6,9,11H,7H2,1H3,(H,14,15). The number of hydrogen-bond donors (Lipinski definition) is 1. The Hall–Kier alpha value is -1.67. The Labute approximate surface area is 102 Å². The number of carboxylic acids is 1. The monoisotopic (exact) mass is 251 g/mol. The van der Waals surface area contributed by atoms with Gasteiger partial charge in [-0.15, -0.1) is 0 Å². The maximum absolute atomic E-state index is 11.8. The smallest absolute Gasteiger partial charge is 0.319 e. The molecule has 90 valence electrons. The summed E-state index contributed by atoms with van der Waals surface area (Å²) in [5.41, 5.74) is 0.804. The lowest BCUT2D eigenvalue weighted by atomic mass is 10.1. The van der Waals surface area contributed by atoms with Gasteiger partial charge in [-0.25, -0.2) is 0 Å². The van der Waals surface area contributed by atoms with E-state index in [0.717, 1.165) is 5.56 Å². The molecule has 0 aliphatic rings. The van der Waals surface area contributed by atoms with E-state index in [1.165, 1.54) is 6.92 Å². The summed E-state index contributed by atoms with van der Waals surface area (Å²) in [6.45, 7) is 1.47. The molecule has 0 saturated heterocycles. The SMILES string of the molecule is CC(C#N)S(=O)C(Cc1ccccc1)C(=O)O. The molecule has 5 heteroatoms. The number of carbonyl (C=O) groups is 1. The van der Waals surface area contributed by atoms with Crippen molar-refractivity contribution in [2.45, 2.75) is 23.8 Å². The minimum absolute atomic E-state index is 0.175. The van der Waals surface area contributed by atoms with Crippen LogP contribution in [0.15, 0.2) is 30.3 Å². The van der Waals surface area contributed by atoms with Crippen LogP contribution >= 0.6 is 0 Å². The van der Waals surface area contributed by atoms with Crippen molar-refractivity contribution in [3.05, 3.63) is 35.9 Å². The number of rotatable bonds is 5. The molecular weight excluding hydrogens is 238 g/mol. The fraction of sp³-hybridized carbons (Fsp3) is 0.333. The summed E-state index contributed by atoms with van der Waals surface area (Å²) in [5.74, 6) is -1.13. The minimum atomic E-state index is -1.69. The van der Waals surface area contributed by atoms with Gasteiger partial charge in [0.25, 0.3) is 0 Å². The Kier molecular flexibility index (Phi) is 4.85. The van der Waals surface area contributed by atoms with Crippen molar-refractivity contribution >= 4 is 16.8 Å². The Morgan fingerprint density at radius 1 is 1.47 bits per heavy atom. The maximum atomic E-state index is 11.8. The van der Waals surface area contributed by atoms with Crippen LogP contribution in [-0.2, 0) is 22.0 Å². The number of hydrogen-bond acceptors (Lipinski definition) is 3. The average molecular weight is 251 g/mol. The summed E-state index contributed by atoms with van der Waals surface area (Å²) in [4.78, 5) is 11.1. The molecule has 0 saturated carbocycles. The van der Waals surface area contributed by atoms with Crippen LogP contribution in [0.25, 0.3) is 0 Å². The van der Waals surface area contributed by atoms with Gasteiger partial charge < -0.3 is 5.11 Å². The van der Waals surface area contributed by atoms with Crippen LogP contribution in [0.4, 0.5) is 0 Å². The zero-order chi connectivity index (χ0) is 12.8. The van der Waals surface area contributed by atoms with E-state index in [9.17, 15) is 9.00 Å². The van der Waals surface area contributed by atoms with Gasteiger partial charge in [-0.3, -0.25) is 9.00 Å². The lowest BCUT2D eigenvalue weighted by Gasteiger charge is -2.13. The van der Waals surface area contributed by atoms with Crippen molar-refractivity contribution in [1.82, 2.24) is 0 Å². The molecule has 0 aliphatic carbocycles. The van der Waals surface area contributed by atoms with E-state index in [1.807, 2.05) is 12.1 Å². The zero-order valence-electron chi connectivity index (χ0n) is 9.37. The first kappa shape index (κ1) is 13.4. The zero-order valence-corrected chi connectivity index (χ0v) is 10.2. The molecular formula is C12H13NO3S. The molecule has 3 atom stereocenters. The summed E-state index contributed by atoms with van der Waals surface area (Å²) in [6, 6.07) is 10.8. The van der Waals surface area contributed by atoms with Gasteiger partial charge in [-0.05, 0) is 18.9 Å². The highest BCUT2D eigenvalue weighted by Gasteiger charge is 2.28. The quantitative estimate of drug-likeness (QED) is 0.856. The first-order valence-corrected chi connectivity index (χ1v) is 6.39. The molecule has 0 heterocycles. The highest BCUT2D eigenvalue weighted by atomic mass is 32.2. The van der Waals surface area contributed by atoms with Crippen LogP contribution in [0.5, 0.6) is 0 Å². The Morgan fingerprint density at radius 3 is 2.53 bits per heavy atom. The summed E-state index contributed by atoms with van der Waals surface area (Å²) in [7, 11) is -1.69. The third kappa shape index (κ3) is 3.68. The third-order valence-electron chi connectivity index (χ3n) is 2.35. The molecule has 1 N–H and O–H groups in total. The van der Waals surface area contributed by atoms with E-state index in [2.05, 4.69) is 0 Å². The number of nitrogens with zero attached hydrogens (tertiary/aromatic N) is 1. The Bertz CT molecular complexity index is 453. The predicted molar refractivity (Wildman–Crippen MR) is 64.8 cm³/mol. The predicted octanol–water partition coefficient (Wildman–Crippen LogP) is 1.34. The fourth-order valence-corrected chi connectivity index (χ4v) is 2.55. The molecule has 0 aliphatic heterocycles. The summed E-state index contributed by atoms with van der Waals surface area (Å²) in [5, 5.41) is 15.9. The molecule has 1 aromatic rings. The lowest BCUT2D eigenvalue weighted by Crippen LogP contribution is -2.32. The van der Waals surface area contributed by atoms with Gasteiger partial charge in [0.15, 0.2) is 0 Å². The second-order valence-corrected chi connectivity index (χ2v) is 5.55. The summed E-state index contributed by atoms with van der Waals surface area (Å²) >= 11 is 0. The van der Waals surface area contributed by atoms with Crippen molar-refractivity contribution in [3.8, 4) is 6.07 Å². The molecule has 17 heavy (non-hydrogen) atoms. The molecule has 0 bridgehead atoms. The largest absolute Gasteiger partial charge is 0.480 e. The van der Waals surface area contributed by atoms with E-state index >= 15 is 0 Å². The van der Waals surface area contributed by atoms with Crippen molar-refractivity contribution in [1.29, 1.82) is 5.26 Å². The number of carboxylic acid groups (broad SMARTS) is 1. The highest BCUT2D eigenvalue weighted by Crippen LogP contribution is 2.11. The number of nitriles is 1. The molecule has 0 amide bonds. The first-order valence-electron chi connectivity index (χ1n) is 5.12. The first-order chi connectivity index (χ1) is 8.06. The molecule has 3 unspecified atom stereocenters. The van der Waals surface area contributed by atoms with Gasteiger partial charge in [0.05, 0.1) is 16.9 Å². The van der Waals surface area contributed by atoms with Crippen molar-refractivity contribution in [3.63, 3.8) is 0 Å². The van der Waals surface area contributed by atoms with E-state index in [-0.39, 0.29) is 6.42 Å². The Balaban J connectivity index is 2.86. The van der Waals surface area contributed by atoms with Crippen LogP contribution in [0.1, 0.15) is 12.5 Å².